The first-order valence-corrected chi connectivity index (χ1v) is 5.96. The van der Waals surface area contributed by atoms with E-state index in [2.05, 4.69) is 15.4 Å². The molecular formula is C13H18N4O. The largest absolute Gasteiger partial charge is 0.481 e. The predicted molar refractivity (Wildman–Crippen MR) is 69.4 cm³/mol. The molecule has 18 heavy (non-hydrogen) atoms. The Balaban J connectivity index is 1.73. The van der Waals surface area contributed by atoms with Crippen LogP contribution in [-0.4, -0.2) is 28.4 Å². The Morgan fingerprint density at radius 3 is 2.83 bits per heavy atom. The summed E-state index contributed by atoms with van der Waals surface area (Å²) >= 11 is 0. The summed E-state index contributed by atoms with van der Waals surface area (Å²) in [5.74, 6) is 0.647. The Kier molecular flexibility index (Phi) is 4.30. The van der Waals surface area contributed by atoms with Crippen LogP contribution >= 0.6 is 0 Å². The topological polar surface area (TPSA) is 52.0 Å². The van der Waals surface area contributed by atoms with Gasteiger partial charge in [0, 0.05) is 50.7 Å². The number of nitrogens with one attached hydrogen (secondary N) is 1. The highest BCUT2D eigenvalue weighted by Gasteiger charge is 1.99. The molecule has 2 aromatic rings. The lowest BCUT2D eigenvalue weighted by molar-refractivity contribution is 0.397. The molecule has 0 fully saturated rings. The third-order valence-corrected chi connectivity index (χ3v) is 2.82. The first kappa shape index (κ1) is 12.6. The summed E-state index contributed by atoms with van der Waals surface area (Å²) in [6.45, 7) is 1.74. The zero-order valence-corrected chi connectivity index (χ0v) is 10.8. The van der Waals surface area contributed by atoms with E-state index in [1.807, 2.05) is 42.3 Å². The molecule has 0 aliphatic carbocycles. The fraction of sp³-hybridized carbons (Fsp3) is 0.385. The van der Waals surface area contributed by atoms with E-state index in [0.29, 0.717) is 5.88 Å². The van der Waals surface area contributed by atoms with Gasteiger partial charge in [-0.25, -0.2) is 4.98 Å². The summed E-state index contributed by atoms with van der Waals surface area (Å²) in [4.78, 5) is 4.16. The van der Waals surface area contributed by atoms with Gasteiger partial charge in [-0.1, -0.05) is 6.07 Å². The van der Waals surface area contributed by atoms with E-state index < -0.39 is 0 Å². The van der Waals surface area contributed by atoms with Crippen molar-refractivity contribution < 1.29 is 4.74 Å². The second-order valence-corrected chi connectivity index (χ2v) is 4.08. The third-order valence-electron chi connectivity index (χ3n) is 2.82. The van der Waals surface area contributed by atoms with Gasteiger partial charge in [0.15, 0.2) is 0 Å². The quantitative estimate of drug-likeness (QED) is 0.777. The van der Waals surface area contributed by atoms with Crippen LogP contribution in [0, 0.1) is 0 Å². The van der Waals surface area contributed by atoms with Crippen molar-refractivity contribution in [2.45, 2.75) is 13.0 Å². The van der Waals surface area contributed by atoms with Crippen LogP contribution < -0.4 is 10.1 Å². The number of aryl methyl sites for hydroxylation is 1. The summed E-state index contributed by atoms with van der Waals surface area (Å²) in [6, 6.07) is 5.93. The molecule has 5 nitrogen and oxygen atoms in total. The standard InChI is InChI=1S/C13H18N4O/c1-17-12(6-8-16-17)5-7-14-9-11-3-4-13(18-2)15-10-11/h3-4,6,8,10,14H,5,7,9H2,1-2H3. The molecule has 0 aliphatic rings. The lowest BCUT2D eigenvalue weighted by Crippen LogP contribution is -2.18. The van der Waals surface area contributed by atoms with E-state index in [0.717, 1.165) is 25.1 Å². The van der Waals surface area contributed by atoms with Crippen molar-refractivity contribution in [3.63, 3.8) is 0 Å². The summed E-state index contributed by atoms with van der Waals surface area (Å²) in [6.07, 6.45) is 4.62. The fourth-order valence-corrected chi connectivity index (χ4v) is 1.73. The average Bonchev–Trinajstić information content (AvgIpc) is 2.81. The molecule has 2 aromatic heterocycles. The summed E-state index contributed by atoms with van der Waals surface area (Å²) in [5.41, 5.74) is 2.39. The number of ether oxygens (including phenoxy) is 1. The number of methoxy groups -OCH3 is 1. The number of hydrogen-bond acceptors (Lipinski definition) is 4. The van der Waals surface area contributed by atoms with E-state index in [-0.39, 0.29) is 0 Å². The smallest absolute Gasteiger partial charge is 0.212 e. The molecule has 0 saturated heterocycles. The van der Waals surface area contributed by atoms with E-state index in [4.69, 9.17) is 4.74 Å². The zero-order chi connectivity index (χ0) is 12.8. The van der Waals surface area contributed by atoms with Crippen molar-refractivity contribution >= 4 is 0 Å². The van der Waals surface area contributed by atoms with Gasteiger partial charge in [-0.3, -0.25) is 4.68 Å². The molecule has 0 bridgehead atoms. The van der Waals surface area contributed by atoms with Gasteiger partial charge in [-0.05, 0) is 11.6 Å². The van der Waals surface area contributed by atoms with Crippen LogP contribution in [0.3, 0.4) is 0 Å². The monoisotopic (exact) mass is 246 g/mol. The van der Waals surface area contributed by atoms with Gasteiger partial charge in [-0.15, -0.1) is 0 Å². The Labute approximate surface area is 107 Å². The van der Waals surface area contributed by atoms with Crippen molar-refractivity contribution in [2.75, 3.05) is 13.7 Å². The van der Waals surface area contributed by atoms with Crippen molar-refractivity contribution in [1.29, 1.82) is 0 Å². The van der Waals surface area contributed by atoms with Crippen LogP contribution in [0.5, 0.6) is 5.88 Å². The first-order chi connectivity index (χ1) is 8.79. The highest BCUT2D eigenvalue weighted by Crippen LogP contribution is 2.06. The first-order valence-electron chi connectivity index (χ1n) is 5.96. The van der Waals surface area contributed by atoms with Gasteiger partial charge in [0.1, 0.15) is 0 Å². The van der Waals surface area contributed by atoms with Crippen molar-refractivity contribution in [3.8, 4) is 5.88 Å². The van der Waals surface area contributed by atoms with Crippen molar-refractivity contribution in [3.05, 3.63) is 41.9 Å². The van der Waals surface area contributed by atoms with Crippen LogP contribution in [0.1, 0.15) is 11.3 Å². The number of pyridine rings is 1. The van der Waals surface area contributed by atoms with Gasteiger partial charge < -0.3 is 10.1 Å². The molecule has 96 valence electrons. The lowest BCUT2D eigenvalue weighted by atomic mass is 10.2. The van der Waals surface area contributed by atoms with E-state index >= 15 is 0 Å². The molecule has 5 heteroatoms. The Hall–Kier alpha value is -1.88. The van der Waals surface area contributed by atoms with Gasteiger partial charge in [0.25, 0.3) is 0 Å². The fourth-order valence-electron chi connectivity index (χ4n) is 1.73. The molecule has 0 saturated carbocycles. The molecule has 2 rings (SSSR count). The average molecular weight is 246 g/mol. The molecule has 0 spiro atoms. The van der Waals surface area contributed by atoms with E-state index in [1.54, 1.807) is 7.11 Å². The van der Waals surface area contributed by atoms with Gasteiger partial charge in [0.2, 0.25) is 5.88 Å². The van der Waals surface area contributed by atoms with Gasteiger partial charge >= 0.3 is 0 Å². The van der Waals surface area contributed by atoms with Crippen LogP contribution in [0.2, 0.25) is 0 Å². The number of aromatic nitrogens is 3. The predicted octanol–water partition coefficient (Wildman–Crippen LogP) is 1.16. The maximum atomic E-state index is 5.02. The minimum Gasteiger partial charge on any atom is -0.481 e. The highest BCUT2D eigenvalue weighted by molar-refractivity contribution is 5.17. The lowest BCUT2D eigenvalue weighted by Gasteiger charge is -2.05. The molecule has 0 radical (unpaired) electrons. The molecule has 0 unspecified atom stereocenters. The van der Waals surface area contributed by atoms with Crippen LogP contribution in [0.25, 0.3) is 0 Å². The molecule has 1 N–H and O–H groups in total. The summed E-state index contributed by atoms with van der Waals surface area (Å²) in [5, 5.41) is 7.52. The minimum atomic E-state index is 0.647. The highest BCUT2D eigenvalue weighted by atomic mass is 16.5. The summed E-state index contributed by atoms with van der Waals surface area (Å²) < 4.78 is 6.92. The van der Waals surface area contributed by atoms with Crippen LogP contribution in [0.4, 0.5) is 0 Å². The Morgan fingerprint density at radius 1 is 1.33 bits per heavy atom. The van der Waals surface area contributed by atoms with Crippen LogP contribution in [-0.2, 0) is 20.0 Å². The maximum absolute atomic E-state index is 5.02. The van der Waals surface area contributed by atoms with E-state index in [1.165, 1.54) is 5.69 Å². The Bertz CT molecular complexity index is 478. The normalized spacial score (nSPS) is 10.6. The molecule has 2 heterocycles. The Morgan fingerprint density at radius 2 is 2.22 bits per heavy atom. The number of nitrogens with zero attached hydrogens (tertiary/aromatic N) is 3. The van der Waals surface area contributed by atoms with Crippen molar-refractivity contribution in [2.24, 2.45) is 7.05 Å². The number of hydrogen-bond donors (Lipinski definition) is 1. The zero-order valence-electron chi connectivity index (χ0n) is 10.8. The van der Waals surface area contributed by atoms with Crippen molar-refractivity contribution in [1.82, 2.24) is 20.1 Å². The molecule has 0 aliphatic heterocycles. The van der Waals surface area contributed by atoms with E-state index in [9.17, 15) is 0 Å². The van der Waals surface area contributed by atoms with Crippen LogP contribution in [0.15, 0.2) is 30.6 Å². The second-order valence-electron chi connectivity index (χ2n) is 4.08. The summed E-state index contributed by atoms with van der Waals surface area (Å²) in [7, 11) is 3.58. The molecular weight excluding hydrogens is 228 g/mol. The third kappa shape index (κ3) is 3.30. The molecule has 0 amide bonds. The SMILES string of the molecule is COc1ccc(CNCCc2ccnn2C)cn1. The molecule has 0 aromatic carbocycles. The van der Waals surface area contributed by atoms with Gasteiger partial charge in [0.05, 0.1) is 7.11 Å². The molecule has 0 atom stereocenters. The minimum absolute atomic E-state index is 0.647. The maximum Gasteiger partial charge on any atom is 0.212 e. The second kappa shape index (κ2) is 6.16. The number of rotatable bonds is 6. The van der Waals surface area contributed by atoms with Gasteiger partial charge in [-0.2, -0.15) is 5.10 Å².